The predicted octanol–water partition coefficient (Wildman–Crippen LogP) is 9.97. The maximum atomic E-state index is 9.73. The highest BCUT2D eigenvalue weighted by Gasteiger charge is 2.33. The number of hydrogen-bond acceptors (Lipinski definition) is 16. The molecular formula is C68H64B4N4O12. The van der Waals surface area contributed by atoms with Gasteiger partial charge in [-0.3, -0.25) is 0 Å². The van der Waals surface area contributed by atoms with Gasteiger partial charge in [0.05, 0.1) is 60.8 Å². The van der Waals surface area contributed by atoms with Crippen molar-refractivity contribution in [1.29, 1.82) is 21.0 Å². The highest BCUT2D eigenvalue weighted by atomic mass is 16.5. The summed E-state index contributed by atoms with van der Waals surface area (Å²) in [5.74, 6) is 5.16. The molecule has 4 aliphatic heterocycles. The number of rotatable bonds is 8. The van der Waals surface area contributed by atoms with Gasteiger partial charge in [-0.25, -0.2) is 0 Å². The van der Waals surface area contributed by atoms with E-state index in [9.17, 15) is 41.1 Å². The van der Waals surface area contributed by atoms with Crippen LogP contribution in [0, 0.1) is 128 Å². The highest BCUT2D eigenvalue weighted by molar-refractivity contribution is 6.63. The first kappa shape index (κ1) is 63.4. The van der Waals surface area contributed by atoms with Crippen molar-refractivity contribution in [2.45, 2.75) is 110 Å². The van der Waals surface area contributed by atoms with E-state index >= 15 is 0 Å². The van der Waals surface area contributed by atoms with Crippen LogP contribution in [0.2, 0.25) is 0 Å². The van der Waals surface area contributed by atoms with Crippen molar-refractivity contribution < 1.29 is 57.7 Å². The number of ether oxygens (including phenoxy) is 4. The van der Waals surface area contributed by atoms with Gasteiger partial charge in [0, 0.05) is 0 Å². The Kier molecular flexibility index (Phi) is 19.3. The SMILES string of the molecule is Cc1cc(C#N)c(Oc2cc3c(cc2C)B(O)OC3)cc1C.Cc1cc(C#N)c(Oc2ccc3c(c2C)COB3O)cc1C.Cc1cc(Oc2ccc3c(c2C)COB3O)cc(C#N)c1C.Cc1cc2c(cc1Oc1cc(C)c(C)c(C#N)c1)COB2O. The van der Waals surface area contributed by atoms with Crippen LogP contribution in [0.1, 0.15) is 111 Å². The molecule has 8 aromatic rings. The Morgan fingerprint density at radius 2 is 0.659 bits per heavy atom. The minimum absolute atomic E-state index is 0.366. The molecule has 0 radical (unpaired) electrons. The molecule has 88 heavy (non-hydrogen) atoms. The molecule has 0 aromatic heterocycles. The number of fused-ring (bicyclic) bond motifs is 4. The van der Waals surface area contributed by atoms with E-state index in [1.54, 1.807) is 12.1 Å². The first-order valence-corrected chi connectivity index (χ1v) is 28.5. The van der Waals surface area contributed by atoms with Crippen molar-refractivity contribution >= 4 is 50.3 Å². The molecule has 4 N–H and O–H groups in total. The average molecular weight is 1170 g/mol. The summed E-state index contributed by atoms with van der Waals surface area (Å²) in [6, 6.07) is 38.3. The van der Waals surface area contributed by atoms with E-state index in [0.29, 0.717) is 94.7 Å². The zero-order valence-electron chi connectivity index (χ0n) is 51.2. The van der Waals surface area contributed by atoms with Crippen LogP contribution in [-0.2, 0) is 45.0 Å². The van der Waals surface area contributed by atoms with E-state index in [0.717, 1.165) is 111 Å². The fourth-order valence-corrected chi connectivity index (χ4v) is 10.5. The third-order valence-corrected chi connectivity index (χ3v) is 16.5. The normalized spacial score (nSPS) is 13.0. The number of hydrogen-bond donors (Lipinski definition) is 4. The molecule has 0 unspecified atom stereocenters. The number of nitriles is 4. The first-order chi connectivity index (χ1) is 42.0. The minimum Gasteiger partial charge on any atom is -0.457 e. The highest BCUT2D eigenvalue weighted by Crippen LogP contribution is 2.36. The van der Waals surface area contributed by atoms with E-state index in [1.165, 1.54) is 0 Å². The van der Waals surface area contributed by atoms with Crippen LogP contribution in [0.4, 0.5) is 0 Å². The maximum Gasteiger partial charge on any atom is 0.491 e. The van der Waals surface area contributed by atoms with Crippen molar-refractivity contribution in [3.63, 3.8) is 0 Å². The zero-order chi connectivity index (χ0) is 63.4. The molecule has 0 fully saturated rings. The Hall–Kier alpha value is -9.14. The quantitative estimate of drug-likeness (QED) is 0.103. The van der Waals surface area contributed by atoms with E-state index < -0.39 is 28.5 Å². The molecule has 8 aromatic carbocycles. The van der Waals surface area contributed by atoms with Gasteiger partial charge in [-0.05, 0) is 267 Å². The van der Waals surface area contributed by atoms with Crippen LogP contribution in [-0.4, -0.2) is 48.6 Å². The van der Waals surface area contributed by atoms with Gasteiger partial charge >= 0.3 is 28.5 Å². The Morgan fingerprint density at radius 1 is 0.318 bits per heavy atom. The molecular weight excluding hydrogens is 1110 g/mol. The molecule has 12 rings (SSSR count). The van der Waals surface area contributed by atoms with Crippen molar-refractivity contribution in [3.05, 3.63) is 208 Å². The molecule has 4 aliphatic rings. The molecule has 0 saturated heterocycles. The molecule has 16 nitrogen and oxygen atoms in total. The van der Waals surface area contributed by atoms with Gasteiger partial charge < -0.3 is 57.7 Å². The van der Waals surface area contributed by atoms with Gasteiger partial charge in [-0.15, -0.1) is 0 Å². The fraction of sp³-hybridized carbons (Fsp3) is 0.235. The Labute approximate surface area is 514 Å². The number of benzene rings is 8. The van der Waals surface area contributed by atoms with Crippen molar-refractivity contribution in [2.24, 2.45) is 0 Å². The third kappa shape index (κ3) is 13.5. The first-order valence-electron chi connectivity index (χ1n) is 28.5. The smallest absolute Gasteiger partial charge is 0.457 e. The lowest BCUT2D eigenvalue weighted by atomic mass is 9.78. The number of nitrogens with zero attached hydrogens (tertiary/aromatic N) is 4. The lowest BCUT2D eigenvalue weighted by Crippen LogP contribution is -2.28. The van der Waals surface area contributed by atoms with Crippen LogP contribution in [0.5, 0.6) is 46.0 Å². The van der Waals surface area contributed by atoms with Crippen LogP contribution in [0.15, 0.2) is 97.1 Å². The van der Waals surface area contributed by atoms with Crippen LogP contribution >= 0.6 is 0 Å². The van der Waals surface area contributed by atoms with Gasteiger partial charge in [0.15, 0.2) is 0 Å². The number of aryl methyl sites for hydroxylation is 8. The average Bonchev–Trinajstić information content (AvgIpc) is 3.79. The van der Waals surface area contributed by atoms with Crippen molar-refractivity contribution in [2.75, 3.05) is 0 Å². The van der Waals surface area contributed by atoms with E-state index in [2.05, 4.69) is 24.3 Å². The van der Waals surface area contributed by atoms with Crippen molar-refractivity contribution in [3.8, 4) is 70.3 Å². The zero-order valence-corrected chi connectivity index (χ0v) is 51.2. The largest absolute Gasteiger partial charge is 0.491 e. The fourth-order valence-electron chi connectivity index (χ4n) is 10.5. The third-order valence-electron chi connectivity index (χ3n) is 16.5. The lowest BCUT2D eigenvalue weighted by Gasteiger charge is -2.14. The summed E-state index contributed by atoms with van der Waals surface area (Å²) in [5, 5.41) is 75.9. The topological polar surface area (TPSA) is 250 Å². The van der Waals surface area contributed by atoms with E-state index in [4.69, 9.17) is 37.6 Å². The van der Waals surface area contributed by atoms with Crippen LogP contribution < -0.4 is 40.8 Å². The monoisotopic (exact) mass is 1170 g/mol. The van der Waals surface area contributed by atoms with Crippen molar-refractivity contribution in [1.82, 2.24) is 0 Å². The molecule has 0 aliphatic carbocycles. The van der Waals surface area contributed by atoms with Crippen LogP contribution in [0.3, 0.4) is 0 Å². The maximum absolute atomic E-state index is 9.73. The Balaban J connectivity index is 0.000000140. The summed E-state index contributed by atoms with van der Waals surface area (Å²) in [4.78, 5) is 0. The standard InChI is InChI=1S/4C17H16BNO3/c1-10-4-13(8-19)17(6-11(10)2)22-16-7-14-9-21-18(20)15(14)5-12(16)3;1-10-4-15(6-13(8-19)12(10)3)22-17-7-14-9-21-18(20)16(14)5-11(17)2;1-10-6-14(7-13(8-19)11(10)2)22-17-5-4-16-15(12(17)3)9-21-18(16)20;1-10-6-13(8-19)17(7-11(10)2)22-16-5-4-15-14(12(16)3)9-21-18(15)20/h4*4-7,20H,9H2,1-3H3. The summed E-state index contributed by atoms with van der Waals surface area (Å²) in [5.41, 5.74) is 21.1. The molecule has 4 heterocycles. The van der Waals surface area contributed by atoms with Gasteiger partial charge in [0.1, 0.15) is 58.1 Å². The second-order valence-corrected chi connectivity index (χ2v) is 22.3. The summed E-state index contributed by atoms with van der Waals surface area (Å²) >= 11 is 0. The predicted molar refractivity (Wildman–Crippen MR) is 337 cm³/mol. The Bertz CT molecular complexity index is 4120. The summed E-state index contributed by atoms with van der Waals surface area (Å²) in [6.07, 6.45) is 0. The van der Waals surface area contributed by atoms with E-state index in [-0.39, 0.29) is 0 Å². The van der Waals surface area contributed by atoms with E-state index in [1.807, 2.05) is 168 Å². The summed E-state index contributed by atoms with van der Waals surface area (Å²) < 4.78 is 44.8. The molecule has 0 spiro atoms. The van der Waals surface area contributed by atoms with Gasteiger partial charge in [-0.2, -0.15) is 21.0 Å². The second kappa shape index (κ2) is 26.9. The molecule has 0 atom stereocenters. The second-order valence-electron chi connectivity index (χ2n) is 22.3. The molecule has 20 heteroatoms. The van der Waals surface area contributed by atoms with Gasteiger partial charge in [0.2, 0.25) is 0 Å². The molecule has 0 saturated carbocycles. The van der Waals surface area contributed by atoms with Gasteiger partial charge in [-0.1, -0.05) is 24.3 Å². The summed E-state index contributed by atoms with van der Waals surface area (Å²) in [7, 11) is -3.43. The Morgan fingerprint density at radius 3 is 1.07 bits per heavy atom. The minimum atomic E-state index is -0.862. The van der Waals surface area contributed by atoms with Gasteiger partial charge in [0.25, 0.3) is 0 Å². The molecule has 0 amide bonds. The molecule has 440 valence electrons. The van der Waals surface area contributed by atoms with Crippen LogP contribution in [0.25, 0.3) is 0 Å². The summed E-state index contributed by atoms with van der Waals surface area (Å²) in [6.45, 7) is 24.9. The lowest BCUT2D eigenvalue weighted by molar-refractivity contribution is 0.274. The molecule has 0 bridgehead atoms.